The summed E-state index contributed by atoms with van der Waals surface area (Å²) in [5.41, 5.74) is 0. The summed E-state index contributed by atoms with van der Waals surface area (Å²) in [6, 6.07) is 0. The normalized spacial score (nSPS) is 12.8. The van der Waals surface area contributed by atoms with Crippen molar-refractivity contribution in [3.8, 4) is 0 Å². The zero-order chi connectivity index (χ0) is 14.2. The molecule has 0 nitrogen and oxygen atoms in total. The molecule has 0 N–H and O–H groups in total. The van der Waals surface area contributed by atoms with Crippen molar-refractivity contribution < 1.29 is 0 Å². The zero-order valence-electron chi connectivity index (χ0n) is 14.2. The third-order valence-corrected chi connectivity index (χ3v) is 4.51. The average molecular weight is 269 g/mol. The average Bonchev–Trinajstić information content (AvgIpc) is 2.44. The SMILES string of the molecule is CCCCCCCCCC(CC)CCCCCCC. The molecule has 0 aliphatic carbocycles. The molecule has 0 aliphatic heterocycles. The molecule has 0 amide bonds. The fourth-order valence-corrected chi connectivity index (χ4v) is 2.98. The number of hydrogen-bond donors (Lipinski definition) is 0. The van der Waals surface area contributed by atoms with E-state index in [0.717, 1.165) is 5.92 Å². The summed E-state index contributed by atoms with van der Waals surface area (Å²) in [5, 5.41) is 0. The van der Waals surface area contributed by atoms with Crippen molar-refractivity contribution in [3.05, 3.63) is 0 Å². The van der Waals surface area contributed by atoms with Gasteiger partial charge < -0.3 is 0 Å². The van der Waals surface area contributed by atoms with Crippen LogP contribution in [0.1, 0.15) is 117 Å². The van der Waals surface area contributed by atoms with E-state index in [1.54, 1.807) is 0 Å². The molecule has 116 valence electrons. The van der Waals surface area contributed by atoms with Gasteiger partial charge in [-0.3, -0.25) is 0 Å². The topological polar surface area (TPSA) is 0 Å². The van der Waals surface area contributed by atoms with E-state index in [9.17, 15) is 0 Å². The van der Waals surface area contributed by atoms with Gasteiger partial charge in [0.05, 0.1) is 0 Å². The van der Waals surface area contributed by atoms with Crippen LogP contribution in [-0.2, 0) is 0 Å². The van der Waals surface area contributed by atoms with Gasteiger partial charge in [-0.1, -0.05) is 117 Å². The summed E-state index contributed by atoms with van der Waals surface area (Å²) >= 11 is 0. The number of hydrogen-bond acceptors (Lipinski definition) is 0. The van der Waals surface area contributed by atoms with Crippen LogP contribution in [0, 0.1) is 5.92 Å². The lowest BCUT2D eigenvalue weighted by Crippen LogP contribution is -1.99. The van der Waals surface area contributed by atoms with Gasteiger partial charge in [-0.25, -0.2) is 0 Å². The van der Waals surface area contributed by atoms with Gasteiger partial charge in [0.25, 0.3) is 0 Å². The van der Waals surface area contributed by atoms with Crippen LogP contribution in [0.4, 0.5) is 0 Å². The molecule has 0 saturated heterocycles. The van der Waals surface area contributed by atoms with Crippen LogP contribution in [0.15, 0.2) is 0 Å². The number of unbranched alkanes of at least 4 members (excludes halogenated alkanes) is 10. The Kier molecular flexibility index (Phi) is 16.1. The van der Waals surface area contributed by atoms with E-state index >= 15 is 0 Å². The first-order valence-corrected chi connectivity index (χ1v) is 9.35. The highest BCUT2D eigenvalue weighted by molar-refractivity contribution is 4.59. The standard InChI is InChI=1S/C19H40/c1-4-7-9-11-12-14-16-18-19(6-3)17-15-13-10-8-5-2/h19H,4-18H2,1-3H3. The second-order valence-corrected chi connectivity index (χ2v) is 6.39. The zero-order valence-corrected chi connectivity index (χ0v) is 14.2. The lowest BCUT2D eigenvalue weighted by Gasteiger charge is -2.14. The van der Waals surface area contributed by atoms with E-state index in [-0.39, 0.29) is 0 Å². The molecule has 0 bridgehead atoms. The Bertz CT molecular complexity index is 150. The molecule has 0 aliphatic rings. The fraction of sp³-hybridized carbons (Fsp3) is 1.00. The lowest BCUT2D eigenvalue weighted by molar-refractivity contribution is 0.393. The van der Waals surface area contributed by atoms with Crippen LogP contribution in [0.5, 0.6) is 0 Å². The van der Waals surface area contributed by atoms with Crippen molar-refractivity contribution in [1.82, 2.24) is 0 Å². The maximum Gasteiger partial charge on any atom is -0.0417 e. The van der Waals surface area contributed by atoms with Gasteiger partial charge in [-0.05, 0) is 5.92 Å². The first-order chi connectivity index (χ1) is 9.35. The van der Waals surface area contributed by atoms with Gasteiger partial charge in [0.15, 0.2) is 0 Å². The summed E-state index contributed by atoms with van der Waals surface area (Å²) in [4.78, 5) is 0. The van der Waals surface area contributed by atoms with Crippen LogP contribution in [0.25, 0.3) is 0 Å². The fourth-order valence-electron chi connectivity index (χ4n) is 2.98. The summed E-state index contributed by atoms with van der Waals surface area (Å²) in [6.07, 6.45) is 21.8. The highest BCUT2D eigenvalue weighted by atomic mass is 14.1. The van der Waals surface area contributed by atoms with E-state index in [1.807, 2.05) is 0 Å². The molecule has 0 heteroatoms. The van der Waals surface area contributed by atoms with Crippen molar-refractivity contribution in [1.29, 1.82) is 0 Å². The maximum absolute atomic E-state index is 2.39. The predicted octanol–water partition coefficient (Wildman–Crippen LogP) is 7.51. The molecule has 1 unspecified atom stereocenters. The molecular weight excluding hydrogens is 228 g/mol. The van der Waals surface area contributed by atoms with Crippen LogP contribution in [-0.4, -0.2) is 0 Å². The second kappa shape index (κ2) is 16.1. The molecule has 0 radical (unpaired) electrons. The highest BCUT2D eigenvalue weighted by Crippen LogP contribution is 2.21. The van der Waals surface area contributed by atoms with Crippen molar-refractivity contribution in [2.75, 3.05) is 0 Å². The van der Waals surface area contributed by atoms with Crippen molar-refractivity contribution in [2.24, 2.45) is 5.92 Å². The molecule has 0 aromatic heterocycles. The molecule has 19 heavy (non-hydrogen) atoms. The van der Waals surface area contributed by atoms with E-state index in [2.05, 4.69) is 20.8 Å². The minimum absolute atomic E-state index is 1.03. The quantitative estimate of drug-likeness (QED) is 0.269. The molecule has 0 saturated carbocycles. The Balaban J connectivity index is 3.29. The molecule has 0 aromatic carbocycles. The Morgan fingerprint density at radius 3 is 1.21 bits per heavy atom. The van der Waals surface area contributed by atoms with Crippen molar-refractivity contribution in [3.63, 3.8) is 0 Å². The molecule has 1 atom stereocenters. The Morgan fingerprint density at radius 1 is 0.474 bits per heavy atom. The van der Waals surface area contributed by atoms with Crippen molar-refractivity contribution >= 4 is 0 Å². The highest BCUT2D eigenvalue weighted by Gasteiger charge is 2.05. The molecule has 0 heterocycles. The van der Waals surface area contributed by atoms with Crippen molar-refractivity contribution in [2.45, 2.75) is 117 Å². The molecule has 0 rings (SSSR count). The molecular formula is C19H40. The summed E-state index contributed by atoms with van der Waals surface area (Å²) in [6.45, 7) is 6.99. The third-order valence-electron chi connectivity index (χ3n) is 4.51. The van der Waals surface area contributed by atoms with Gasteiger partial charge in [-0.2, -0.15) is 0 Å². The maximum atomic E-state index is 2.39. The minimum Gasteiger partial charge on any atom is -0.0654 e. The Morgan fingerprint density at radius 2 is 0.842 bits per heavy atom. The third kappa shape index (κ3) is 14.2. The van der Waals surface area contributed by atoms with Gasteiger partial charge in [0.2, 0.25) is 0 Å². The number of rotatable bonds is 15. The van der Waals surface area contributed by atoms with Gasteiger partial charge in [0, 0.05) is 0 Å². The minimum atomic E-state index is 1.03. The van der Waals surface area contributed by atoms with Crippen LogP contribution < -0.4 is 0 Å². The van der Waals surface area contributed by atoms with E-state index in [0.29, 0.717) is 0 Å². The summed E-state index contributed by atoms with van der Waals surface area (Å²) in [5.74, 6) is 1.03. The van der Waals surface area contributed by atoms with Gasteiger partial charge >= 0.3 is 0 Å². The largest absolute Gasteiger partial charge is 0.0654 e. The molecule has 0 fully saturated rings. The van der Waals surface area contributed by atoms with E-state index < -0.39 is 0 Å². The summed E-state index contributed by atoms with van der Waals surface area (Å²) in [7, 11) is 0. The monoisotopic (exact) mass is 268 g/mol. The molecule has 0 aromatic rings. The Labute approximate surface area is 123 Å². The van der Waals surface area contributed by atoms with Crippen LogP contribution in [0.3, 0.4) is 0 Å². The smallest absolute Gasteiger partial charge is 0.0417 e. The first kappa shape index (κ1) is 19.0. The van der Waals surface area contributed by atoms with E-state index in [1.165, 1.54) is 96.3 Å². The first-order valence-electron chi connectivity index (χ1n) is 9.35. The molecule has 0 spiro atoms. The van der Waals surface area contributed by atoms with Gasteiger partial charge in [-0.15, -0.1) is 0 Å². The van der Waals surface area contributed by atoms with Gasteiger partial charge in [0.1, 0.15) is 0 Å². The Hall–Kier alpha value is 0. The van der Waals surface area contributed by atoms with Crippen LogP contribution >= 0.6 is 0 Å². The predicted molar refractivity (Wildman–Crippen MR) is 89.8 cm³/mol. The summed E-state index contributed by atoms with van der Waals surface area (Å²) < 4.78 is 0. The van der Waals surface area contributed by atoms with Crippen LogP contribution in [0.2, 0.25) is 0 Å². The van der Waals surface area contributed by atoms with E-state index in [4.69, 9.17) is 0 Å². The second-order valence-electron chi connectivity index (χ2n) is 6.39. The lowest BCUT2D eigenvalue weighted by atomic mass is 9.92.